The quantitative estimate of drug-likeness (QED) is 0.532. The van der Waals surface area contributed by atoms with Crippen molar-refractivity contribution in [2.75, 3.05) is 33.9 Å². The van der Waals surface area contributed by atoms with Crippen molar-refractivity contribution in [1.82, 2.24) is 14.7 Å². The van der Waals surface area contributed by atoms with Gasteiger partial charge in [-0.1, -0.05) is 37.3 Å². The maximum Gasteiger partial charge on any atom is 0.321 e. The van der Waals surface area contributed by atoms with Crippen molar-refractivity contribution in [2.45, 2.75) is 50.2 Å². The summed E-state index contributed by atoms with van der Waals surface area (Å²) in [7, 11) is 3.73. The molecule has 4 nitrogen and oxygen atoms in total. The number of amides is 2. The maximum absolute atomic E-state index is 14.8. The van der Waals surface area contributed by atoms with Crippen molar-refractivity contribution >= 4 is 11.6 Å². The summed E-state index contributed by atoms with van der Waals surface area (Å²) >= 11 is 0. The Kier molecular flexibility index (Phi) is 7.55. The highest BCUT2D eigenvalue weighted by molar-refractivity contribution is 5.83. The van der Waals surface area contributed by atoms with Gasteiger partial charge in [-0.2, -0.15) is 0 Å². The molecule has 2 aromatic carbocycles. The van der Waals surface area contributed by atoms with Gasteiger partial charge in [0.1, 0.15) is 18.3 Å². The number of carbonyl (C=O) groups is 1. The highest BCUT2D eigenvalue weighted by Gasteiger charge is 2.45. The SMILES string of the molecule is CC[C@@]1(c2ccccc2)C=C(c2cc(F)ccc2F)CN1C(=O)N(C)C1CCC(CF)N(C)CC1. The van der Waals surface area contributed by atoms with Crippen molar-refractivity contribution in [3.63, 3.8) is 0 Å². The first-order valence-electron chi connectivity index (χ1n) is 12.3. The minimum absolute atomic E-state index is 0.0261. The number of carbonyl (C=O) groups excluding carboxylic acids is 1. The molecule has 0 bridgehead atoms. The molecule has 0 N–H and O–H groups in total. The van der Waals surface area contributed by atoms with Crippen LogP contribution in [0.25, 0.3) is 5.57 Å². The van der Waals surface area contributed by atoms with Gasteiger partial charge in [-0.25, -0.2) is 18.0 Å². The Hall–Kier alpha value is -2.80. The fourth-order valence-corrected chi connectivity index (χ4v) is 5.54. The summed E-state index contributed by atoms with van der Waals surface area (Å²) in [5, 5.41) is 0. The second-order valence-corrected chi connectivity index (χ2v) is 9.73. The second kappa shape index (κ2) is 10.4. The smallest absolute Gasteiger partial charge is 0.321 e. The number of likely N-dealkylation sites (tertiary alicyclic amines) is 1. The number of urea groups is 1. The van der Waals surface area contributed by atoms with E-state index in [1.807, 2.05) is 55.3 Å². The van der Waals surface area contributed by atoms with Gasteiger partial charge in [0, 0.05) is 37.8 Å². The highest BCUT2D eigenvalue weighted by Crippen LogP contribution is 2.44. The molecule has 2 unspecified atom stereocenters. The van der Waals surface area contributed by atoms with E-state index in [-0.39, 0.29) is 30.2 Å². The van der Waals surface area contributed by atoms with Crippen molar-refractivity contribution < 1.29 is 18.0 Å². The average Bonchev–Trinajstić information content (AvgIpc) is 3.17. The van der Waals surface area contributed by atoms with Gasteiger partial charge in [-0.15, -0.1) is 0 Å². The van der Waals surface area contributed by atoms with Gasteiger partial charge in [-0.05, 0) is 68.1 Å². The Labute approximate surface area is 206 Å². The number of hydrogen-bond acceptors (Lipinski definition) is 2. The maximum atomic E-state index is 14.8. The Morgan fingerprint density at radius 2 is 1.86 bits per heavy atom. The Morgan fingerprint density at radius 3 is 2.54 bits per heavy atom. The molecule has 188 valence electrons. The third-order valence-corrected chi connectivity index (χ3v) is 7.84. The van der Waals surface area contributed by atoms with Crippen LogP contribution in [0.4, 0.5) is 18.0 Å². The van der Waals surface area contributed by atoms with Gasteiger partial charge in [0.2, 0.25) is 0 Å². The van der Waals surface area contributed by atoms with Gasteiger partial charge in [-0.3, -0.25) is 0 Å². The van der Waals surface area contributed by atoms with E-state index >= 15 is 0 Å². The standard InChI is InChI=1S/C28H34F3N3O/c1-4-28(21-8-6-5-7-9-21)17-20(25-16-22(30)10-13-26(25)31)19-34(28)27(35)33(3)23-11-12-24(18-29)32(2)15-14-23/h5-10,13,16-17,23-24H,4,11-12,14-15,18-19H2,1-3H3/t23?,24?,28-/m0/s1. The van der Waals surface area contributed by atoms with E-state index in [4.69, 9.17) is 0 Å². The summed E-state index contributed by atoms with van der Waals surface area (Å²) in [6.45, 7) is 2.49. The fourth-order valence-electron chi connectivity index (χ4n) is 5.54. The van der Waals surface area contributed by atoms with Crippen LogP contribution >= 0.6 is 0 Å². The van der Waals surface area contributed by atoms with Crippen LogP contribution in [0.3, 0.4) is 0 Å². The van der Waals surface area contributed by atoms with Crippen LogP contribution in [-0.2, 0) is 5.54 Å². The van der Waals surface area contributed by atoms with Gasteiger partial charge < -0.3 is 14.7 Å². The molecule has 35 heavy (non-hydrogen) atoms. The minimum atomic E-state index is -0.788. The zero-order valence-electron chi connectivity index (χ0n) is 20.7. The van der Waals surface area contributed by atoms with E-state index in [2.05, 4.69) is 0 Å². The lowest BCUT2D eigenvalue weighted by atomic mass is 9.86. The van der Waals surface area contributed by atoms with E-state index < -0.39 is 23.8 Å². The lowest BCUT2D eigenvalue weighted by Gasteiger charge is -2.41. The molecule has 0 spiro atoms. The molecular formula is C28H34F3N3O. The monoisotopic (exact) mass is 485 g/mol. The molecule has 0 aromatic heterocycles. The van der Waals surface area contributed by atoms with Crippen molar-refractivity contribution in [3.8, 4) is 0 Å². The molecule has 7 heteroatoms. The number of alkyl halides is 1. The predicted molar refractivity (Wildman–Crippen MR) is 133 cm³/mol. The van der Waals surface area contributed by atoms with E-state index in [1.165, 1.54) is 6.07 Å². The van der Waals surface area contributed by atoms with Crippen molar-refractivity contribution in [3.05, 3.63) is 77.4 Å². The van der Waals surface area contributed by atoms with Crippen molar-refractivity contribution in [2.24, 2.45) is 0 Å². The Bertz CT molecular complexity index is 1080. The molecule has 0 radical (unpaired) electrons. The predicted octanol–water partition coefficient (Wildman–Crippen LogP) is 5.84. The van der Waals surface area contributed by atoms with Gasteiger partial charge in [0.25, 0.3) is 0 Å². The fraction of sp³-hybridized carbons (Fsp3) is 0.464. The van der Waals surface area contributed by atoms with E-state index in [1.54, 1.807) is 16.8 Å². The molecule has 2 aliphatic rings. The molecule has 0 aliphatic carbocycles. The van der Waals surface area contributed by atoms with Gasteiger partial charge in [0.15, 0.2) is 0 Å². The number of hydrogen-bond donors (Lipinski definition) is 0. The minimum Gasteiger partial charge on any atom is -0.325 e. The normalized spacial score (nSPS) is 25.3. The van der Waals surface area contributed by atoms with Crippen LogP contribution in [0.2, 0.25) is 0 Å². The molecule has 1 fully saturated rings. The van der Waals surface area contributed by atoms with Crippen LogP contribution in [0.15, 0.2) is 54.6 Å². The summed E-state index contributed by atoms with van der Waals surface area (Å²) < 4.78 is 42.2. The molecule has 0 saturated carbocycles. The molecule has 2 aromatic rings. The molecular weight excluding hydrogens is 451 g/mol. The lowest BCUT2D eigenvalue weighted by Crippen LogP contribution is -2.52. The zero-order chi connectivity index (χ0) is 25.2. The third-order valence-electron chi connectivity index (χ3n) is 7.84. The zero-order valence-corrected chi connectivity index (χ0v) is 20.7. The van der Waals surface area contributed by atoms with Crippen LogP contribution in [-0.4, -0.2) is 66.7 Å². The first-order valence-corrected chi connectivity index (χ1v) is 12.3. The molecule has 2 aliphatic heterocycles. The molecule has 1 saturated heterocycles. The first kappa shape index (κ1) is 25.3. The van der Waals surface area contributed by atoms with E-state index in [0.717, 1.165) is 30.5 Å². The number of nitrogens with zero attached hydrogens (tertiary/aromatic N) is 3. The topological polar surface area (TPSA) is 26.8 Å². The summed E-state index contributed by atoms with van der Waals surface area (Å²) in [5.41, 5.74) is 0.907. The third kappa shape index (κ3) is 4.83. The van der Waals surface area contributed by atoms with E-state index in [0.29, 0.717) is 25.0 Å². The molecule has 2 heterocycles. The number of rotatable bonds is 5. The van der Waals surface area contributed by atoms with Crippen LogP contribution in [0.5, 0.6) is 0 Å². The lowest BCUT2D eigenvalue weighted by molar-refractivity contribution is 0.111. The van der Waals surface area contributed by atoms with Crippen LogP contribution in [0.1, 0.15) is 43.7 Å². The van der Waals surface area contributed by atoms with E-state index in [9.17, 15) is 18.0 Å². The molecule has 3 atom stereocenters. The average molecular weight is 486 g/mol. The van der Waals surface area contributed by atoms with Gasteiger partial charge >= 0.3 is 6.03 Å². The van der Waals surface area contributed by atoms with Crippen LogP contribution < -0.4 is 0 Å². The molecule has 2 amide bonds. The first-order chi connectivity index (χ1) is 16.8. The largest absolute Gasteiger partial charge is 0.325 e. The Morgan fingerprint density at radius 1 is 1.11 bits per heavy atom. The van der Waals surface area contributed by atoms with Crippen molar-refractivity contribution in [1.29, 1.82) is 0 Å². The second-order valence-electron chi connectivity index (χ2n) is 9.73. The highest BCUT2D eigenvalue weighted by atomic mass is 19.1. The number of benzene rings is 2. The summed E-state index contributed by atoms with van der Waals surface area (Å²) in [4.78, 5) is 19.6. The Balaban J connectivity index is 1.70. The summed E-state index contributed by atoms with van der Waals surface area (Å²) in [5.74, 6) is -1.03. The summed E-state index contributed by atoms with van der Waals surface area (Å²) in [6.07, 6.45) is 4.66. The van der Waals surface area contributed by atoms with Crippen LogP contribution in [0, 0.1) is 11.6 Å². The summed E-state index contributed by atoms with van der Waals surface area (Å²) in [6, 6.07) is 12.8. The molecule has 4 rings (SSSR count). The number of halogens is 3. The van der Waals surface area contributed by atoms with Gasteiger partial charge in [0.05, 0.1) is 5.54 Å².